The fourth-order valence-electron chi connectivity index (χ4n) is 2.29. The maximum atomic E-state index is 11.3. The van der Waals surface area contributed by atoms with Gasteiger partial charge in [0.15, 0.2) is 9.84 Å². The molecule has 4 nitrogen and oxygen atoms in total. The molecule has 1 aliphatic rings. The molecule has 0 amide bonds. The predicted octanol–water partition coefficient (Wildman–Crippen LogP) is 2.38. The van der Waals surface area contributed by atoms with Crippen LogP contribution in [0.4, 0.5) is 0 Å². The normalized spacial score (nSPS) is 15.2. The smallest absolute Gasteiger partial charge is 0.154 e. The third-order valence-electron chi connectivity index (χ3n) is 2.96. The molecular weight excluding hydrogens is 292 g/mol. The molecule has 0 N–H and O–H groups in total. The molecule has 7 heteroatoms. The van der Waals surface area contributed by atoms with Crippen LogP contribution in [0.1, 0.15) is 22.7 Å². The standard InChI is InChI=1S/C11H11ClN2O2S2/c1-18(15,16)5-8-13-10(12)9-6-3-2-4-7(6)17-11(9)14-8/h2-5H2,1H3. The van der Waals surface area contributed by atoms with E-state index in [2.05, 4.69) is 9.97 Å². The van der Waals surface area contributed by atoms with Crippen LogP contribution in [-0.2, 0) is 28.4 Å². The lowest BCUT2D eigenvalue weighted by atomic mass is 10.2. The van der Waals surface area contributed by atoms with E-state index in [0.717, 1.165) is 29.5 Å². The third-order valence-corrected chi connectivity index (χ3v) is 5.20. The Hall–Kier alpha value is -0.720. The van der Waals surface area contributed by atoms with Crippen LogP contribution in [0.2, 0.25) is 5.15 Å². The maximum absolute atomic E-state index is 11.3. The summed E-state index contributed by atoms with van der Waals surface area (Å²) in [7, 11) is -3.14. The summed E-state index contributed by atoms with van der Waals surface area (Å²) in [6.07, 6.45) is 4.40. The lowest BCUT2D eigenvalue weighted by molar-refractivity contribution is 0.600. The van der Waals surface area contributed by atoms with Crippen molar-refractivity contribution >= 4 is 43.0 Å². The lowest BCUT2D eigenvalue weighted by Crippen LogP contribution is -2.05. The van der Waals surface area contributed by atoms with Gasteiger partial charge in [0.05, 0.1) is 5.39 Å². The average molecular weight is 303 g/mol. The molecule has 2 heterocycles. The zero-order chi connectivity index (χ0) is 12.9. The number of halogens is 1. The van der Waals surface area contributed by atoms with Gasteiger partial charge in [-0.05, 0) is 24.8 Å². The lowest BCUT2D eigenvalue weighted by Gasteiger charge is -2.01. The second-order valence-electron chi connectivity index (χ2n) is 4.54. The molecule has 3 rings (SSSR count). The van der Waals surface area contributed by atoms with Gasteiger partial charge in [0.1, 0.15) is 21.6 Å². The first-order chi connectivity index (χ1) is 8.44. The van der Waals surface area contributed by atoms with E-state index in [1.54, 1.807) is 11.3 Å². The SMILES string of the molecule is CS(=O)(=O)Cc1nc(Cl)c2c3c(sc2n1)CCC3. The minimum atomic E-state index is -3.14. The molecule has 0 fully saturated rings. The van der Waals surface area contributed by atoms with E-state index in [1.165, 1.54) is 16.7 Å². The van der Waals surface area contributed by atoms with E-state index in [0.29, 0.717) is 5.15 Å². The highest BCUT2D eigenvalue weighted by Gasteiger charge is 2.22. The molecule has 2 aromatic heterocycles. The molecule has 1 aliphatic carbocycles. The van der Waals surface area contributed by atoms with Crippen molar-refractivity contribution in [3.05, 3.63) is 21.4 Å². The van der Waals surface area contributed by atoms with E-state index in [9.17, 15) is 8.42 Å². The molecule has 0 atom stereocenters. The summed E-state index contributed by atoms with van der Waals surface area (Å²) in [5.74, 6) is 0.125. The van der Waals surface area contributed by atoms with E-state index < -0.39 is 9.84 Å². The highest BCUT2D eigenvalue weighted by molar-refractivity contribution is 7.89. The first-order valence-corrected chi connectivity index (χ1v) is 8.84. The highest BCUT2D eigenvalue weighted by Crippen LogP contribution is 2.39. The summed E-state index contributed by atoms with van der Waals surface area (Å²) in [5.41, 5.74) is 1.26. The second kappa shape index (κ2) is 4.15. The summed E-state index contributed by atoms with van der Waals surface area (Å²) in [6.45, 7) is 0. The van der Waals surface area contributed by atoms with Crippen molar-refractivity contribution < 1.29 is 8.42 Å². The van der Waals surface area contributed by atoms with Gasteiger partial charge in [-0.1, -0.05) is 11.6 Å². The quantitative estimate of drug-likeness (QED) is 0.799. The van der Waals surface area contributed by atoms with Crippen LogP contribution < -0.4 is 0 Å². The zero-order valence-electron chi connectivity index (χ0n) is 9.73. The molecule has 0 unspecified atom stereocenters. The first kappa shape index (κ1) is 12.3. The Morgan fingerprint density at radius 1 is 1.33 bits per heavy atom. The van der Waals surface area contributed by atoms with E-state index in [1.807, 2.05) is 0 Å². The predicted molar refractivity (Wildman–Crippen MR) is 73.0 cm³/mol. The summed E-state index contributed by atoms with van der Waals surface area (Å²) in [5, 5.41) is 1.31. The van der Waals surface area contributed by atoms with Crippen LogP contribution in [0.15, 0.2) is 0 Å². The van der Waals surface area contributed by atoms with Crippen LogP contribution in [0.3, 0.4) is 0 Å². The first-order valence-electron chi connectivity index (χ1n) is 5.58. The molecule has 0 aliphatic heterocycles. The Labute approximate surface area is 114 Å². The van der Waals surface area contributed by atoms with E-state index >= 15 is 0 Å². The molecule has 0 spiro atoms. The molecule has 0 radical (unpaired) electrons. The molecule has 0 saturated heterocycles. The van der Waals surface area contributed by atoms with E-state index in [4.69, 9.17) is 11.6 Å². The number of hydrogen-bond donors (Lipinski definition) is 0. The van der Waals surface area contributed by atoms with Crippen molar-refractivity contribution in [2.75, 3.05) is 6.26 Å². The van der Waals surface area contributed by atoms with Gasteiger partial charge in [-0.2, -0.15) is 0 Å². The number of aromatic nitrogens is 2. The molecule has 18 heavy (non-hydrogen) atoms. The average Bonchev–Trinajstić information content (AvgIpc) is 2.72. The summed E-state index contributed by atoms with van der Waals surface area (Å²) in [6, 6.07) is 0. The largest absolute Gasteiger partial charge is 0.229 e. The van der Waals surface area contributed by atoms with Crippen LogP contribution in [0.25, 0.3) is 10.2 Å². The monoisotopic (exact) mass is 302 g/mol. The van der Waals surface area contributed by atoms with Gasteiger partial charge in [-0.3, -0.25) is 0 Å². The van der Waals surface area contributed by atoms with Crippen molar-refractivity contribution in [1.29, 1.82) is 0 Å². The molecule has 0 aromatic carbocycles. The van der Waals surface area contributed by atoms with Crippen molar-refractivity contribution in [3.63, 3.8) is 0 Å². The van der Waals surface area contributed by atoms with Crippen molar-refractivity contribution in [2.45, 2.75) is 25.0 Å². The van der Waals surface area contributed by atoms with Gasteiger partial charge < -0.3 is 0 Å². The van der Waals surface area contributed by atoms with Crippen molar-refractivity contribution in [1.82, 2.24) is 9.97 Å². The van der Waals surface area contributed by atoms with Gasteiger partial charge in [0.2, 0.25) is 0 Å². The number of nitrogens with zero attached hydrogens (tertiary/aromatic N) is 2. The Bertz CT molecular complexity index is 737. The summed E-state index contributed by atoms with van der Waals surface area (Å²) >= 11 is 7.79. The van der Waals surface area contributed by atoms with Gasteiger partial charge in [-0.25, -0.2) is 18.4 Å². The van der Waals surface area contributed by atoms with Crippen LogP contribution in [-0.4, -0.2) is 24.6 Å². The minimum Gasteiger partial charge on any atom is -0.229 e. The topological polar surface area (TPSA) is 59.9 Å². The van der Waals surface area contributed by atoms with Crippen LogP contribution in [0.5, 0.6) is 0 Å². The van der Waals surface area contributed by atoms with Gasteiger partial charge in [0, 0.05) is 11.1 Å². The van der Waals surface area contributed by atoms with Crippen LogP contribution >= 0.6 is 22.9 Å². The maximum Gasteiger partial charge on any atom is 0.154 e. The minimum absolute atomic E-state index is 0.161. The number of fused-ring (bicyclic) bond motifs is 3. The molecular formula is C11H11ClN2O2S2. The van der Waals surface area contributed by atoms with Crippen LogP contribution in [0, 0.1) is 0 Å². The summed E-state index contributed by atoms with van der Waals surface area (Å²) < 4.78 is 22.5. The Kier molecular flexibility index (Phi) is 2.84. The molecule has 0 bridgehead atoms. The van der Waals surface area contributed by atoms with E-state index in [-0.39, 0.29) is 11.6 Å². The van der Waals surface area contributed by atoms with Gasteiger partial charge in [0.25, 0.3) is 0 Å². The molecule has 0 saturated carbocycles. The number of aryl methyl sites for hydroxylation is 2. The molecule has 2 aromatic rings. The number of rotatable bonds is 2. The Morgan fingerprint density at radius 3 is 2.83 bits per heavy atom. The fraction of sp³-hybridized carbons (Fsp3) is 0.455. The second-order valence-corrected chi connectivity index (χ2v) is 8.12. The van der Waals surface area contributed by atoms with Crippen molar-refractivity contribution in [3.8, 4) is 0 Å². The summed E-state index contributed by atoms with van der Waals surface area (Å²) in [4.78, 5) is 10.6. The third kappa shape index (κ3) is 2.13. The van der Waals surface area contributed by atoms with Gasteiger partial charge in [-0.15, -0.1) is 11.3 Å². The highest BCUT2D eigenvalue weighted by atomic mass is 35.5. The Morgan fingerprint density at radius 2 is 2.11 bits per heavy atom. The fourth-order valence-corrected chi connectivity index (χ4v) is 4.53. The number of hydrogen-bond acceptors (Lipinski definition) is 5. The molecule has 96 valence electrons. The van der Waals surface area contributed by atoms with Gasteiger partial charge >= 0.3 is 0 Å². The number of thiophene rings is 1. The Balaban J connectivity index is 2.17. The zero-order valence-corrected chi connectivity index (χ0v) is 12.1. The van der Waals surface area contributed by atoms with Crippen molar-refractivity contribution in [2.24, 2.45) is 0 Å². The number of sulfone groups is 1.